The lowest BCUT2D eigenvalue weighted by Crippen LogP contribution is -2.20. The van der Waals surface area contributed by atoms with E-state index in [9.17, 15) is 9.18 Å². The second-order valence-corrected chi connectivity index (χ2v) is 5.34. The fourth-order valence-electron chi connectivity index (χ4n) is 2.49. The first-order chi connectivity index (χ1) is 10.1. The van der Waals surface area contributed by atoms with Gasteiger partial charge >= 0.3 is 0 Å². The van der Waals surface area contributed by atoms with Gasteiger partial charge in [-0.25, -0.2) is 14.4 Å². The average molecular weight is 306 g/mol. The monoisotopic (exact) mass is 305 g/mol. The van der Waals surface area contributed by atoms with Gasteiger partial charge in [-0.2, -0.15) is 0 Å². The van der Waals surface area contributed by atoms with Crippen LogP contribution in [0.2, 0.25) is 5.02 Å². The molecule has 108 valence electrons. The minimum Gasteiger partial charge on any atom is -0.319 e. The standard InChI is InChI=1S/C15H13ClFN3O/c16-11-7-9(17)5-6-13(11)20-15(21)14-10-3-1-2-4-12(10)18-8-19-14/h5-8H,1-4H2,(H,20,21). The van der Waals surface area contributed by atoms with Gasteiger partial charge in [-0.05, 0) is 43.9 Å². The van der Waals surface area contributed by atoms with Crippen LogP contribution in [0.5, 0.6) is 0 Å². The number of halogens is 2. The van der Waals surface area contributed by atoms with Gasteiger partial charge in [0.05, 0.1) is 10.7 Å². The van der Waals surface area contributed by atoms with Gasteiger partial charge < -0.3 is 5.32 Å². The van der Waals surface area contributed by atoms with Crippen LogP contribution in [-0.2, 0) is 12.8 Å². The number of anilines is 1. The van der Waals surface area contributed by atoms with Crippen LogP contribution >= 0.6 is 11.6 Å². The van der Waals surface area contributed by atoms with Gasteiger partial charge in [-0.3, -0.25) is 4.79 Å². The fourth-order valence-corrected chi connectivity index (χ4v) is 2.70. The fraction of sp³-hybridized carbons (Fsp3) is 0.267. The van der Waals surface area contributed by atoms with Gasteiger partial charge in [0.1, 0.15) is 17.8 Å². The number of fused-ring (bicyclic) bond motifs is 1. The number of benzene rings is 1. The molecule has 1 aliphatic rings. The Hall–Kier alpha value is -2.01. The van der Waals surface area contributed by atoms with Gasteiger partial charge in [-0.1, -0.05) is 11.6 Å². The zero-order chi connectivity index (χ0) is 14.8. The number of aryl methyl sites for hydroxylation is 1. The molecule has 1 N–H and O–H groups in total. The molecule has 0 fully saturated rings. The molecule has 0 radical (unpaired) electrons. The van der Waals surface area contributed by atoms with Crippen LogP contribution in [0.3, 0.4) is 0 Å². The number of carbonyl (C=O) groups is 1. The van der Waals surface area contributed by atoms with Gasteiger partial charge in [0, 0.05) is 11.3 Å². The van der Waals surface area contributed by atoms with E-state index in [1.54, 1.807) is 0 Å². The third-order valence-electron chi connectivity index (χ3n) is 3.52. The molecule has 3 rings (SSSR count). The van der Waals surface area contributed by atoms with Crippen molar-refractivity contribution in [1.82, 2.24) is 9.97 Å². The average Bonchev–Trinajstić information content (AvgIpc) is 2.49. The molecule has 21 heavy (non-hydrogen) atoms. The molecular formula is C15H13ClFN3O. The number of hydrogen-bond acceptors (Lipinski definition) is 3. The Balaban J connectivity index is 1.89. The topological polar surface area (TPSA) is 54.9 Å². The molecule has 1 aromatic heterocycles. The van der Waals surface area contributed by atoms with Crippen LogP contribution in [0.1, 0.15) is 34.6 Å². The largest absolute Gasteiger partial charge is 0.319 e. The molecule has 4 nitrogen and oxygen atoms in total. The first-order valence-electron chi connectivity index (χ1n) is 6.74. The lowest BCUT2D eigenvalue weighted by molar-refractivity contribution is 0.102. The third-order valence-corrected chi connectivity index (χ3v) is 3.83. The van der Waals surface area contributed by atoms with Crippen molar-refractivity contribution < 1.29 is 9.18 Å². The summed E-state index contributed by atoms with van der Waals surface area (Å²) in [6.45, 7) is 0. The highest BCUT2D eigenvalue weighted by atomic mass is 35.5. The summed E-state index contributed by atoms with van der Waals surface area (Å²) in [5.41, 5.74) is 2.58. The van der Waals surface area contributed by atoms with Crippen LogP contribution < -0.4 is 5.32 Å². The Kier molecular flexibility index (Phi) is 3.84. The van der Waals surface area contributed by atoms with Crippen LogP contribution in [-0.4, -0.2) is 15.9 Å². The predicted molar refractivity (Wildman–Crippen MR) is 78.0 cm³/mol. The summed E-state index contributed by atoms with van der Waals surface area (Å²) in [6.07, 6.45) is 5.18. The van der Waals surface area contributed by atoms with Gasteiger partial charge in [0.25, 0.3) is 5.91 Å². The highest BCUT2D eigenvalue weighted by Crippen LogP contribution is 2.25. The summed E-state index contributed by atoms with van der Waals surface area (Å²) < 4.78 is 13.0. The van der Waals surface area contributed by atoms with Crippen molar-refractivity contribution >= 4 is 23.2 Å². The van der Waals surface area contributed by atoms with E-state index in [0.29, 0.717) is 11.4 Å². The zero-order valence-corrected chi connectivity index (χ0v) is 12.0. The molecule has 0 saturated carbocycles. The summed E-state index contributed by atoms with van der Waals surface area (Å²) in [5.74, 6) is -0.790. The van der Waals surface area contributed by atoms with E-state index >= 15 is 0 Å². The number of nitrogens with zero attached hydrogens (tertiary/aromatic N) is 2. The minimum atomic E-state index is -0.447. The van der Waals surface area contributed by atoms with Crippen molar-refractivity contribution in [2.45, 2.75) is 25.7 Å². The number of carbonyl (C=O) groups excluding carboxylic acids is 1. The second-order valence-electron chi connectivity index (χ2n) is 4.93. The first kappa shape index (κ1) is 13.9. The van der Waals surface area contributed by atoms with Gasteiger partial charge in [0.2, 0.25) is 0 Å². The number of nitrogens with one attached hydrogen (secondary N) is 1. The van der Waals surface area contributed by atoms with E-state index in [0.717, 1.165) is 43.0 Å². The molecule has 1 amide bonds. The second kappa shape index (κ2) is 5.77. The van der Waals surface area contributed by atoms with E-state index in [1.807, 2.05) is 0 Å². The van der Waals surface area contributed by atoms with E-state index in [1.165, 1.54) is 18.5 Å². The van der Waals surface area contributed by atoms with Crippen LogP contribution in [0.4, 0.5) is 10.1 Å². The molecular weight excluding hydrogens is 293 g/mol. The maximum absolute atomic E-state index is 13.0. The van der Waals surface area contributed by atoms with Crippen molar-refractivity contribution in [1.29, 1.82) is 0 Å². The highest BCUT2D eigenvalue weighted by molar-refractivity contribution is 6.33. The van der Waals surface area contributed by atoms with Gasteiger partial charge in [-0.15, -0.1) is 0 Å². The van der Waals surface area contributed by atoms with Crippen LogP contribution in [0.25, 0.3) is 0 Å². The Morgan fingerprint density at radius 1 is 1.24 bits per heavy atom. The zero-order valence-electron chi connectivity index (χ0n) is 11.2. The maximum atomic E-state index is 13.0. The third kappa shape index (κ3) is 2.88. The number of hydrogen-bond donors (Lipinski definition) is 1. The summed E-state index contributed by atoms with van der Waals surface area (Å²) >= 11 is 5.92. The molecule has 1 aliphatic carbocycles. The lowest BCUT2D eigenvalue weighted by atomic mass is 9.94. The Morgan fingerprint density at radius 3 is 2.86 bits per heavy atom. The van der Waals surface area contributed by atoms with Crippen molar-refractivity contribution in [3.63, 3.8) is 0 Å². The predicted octanol–water partition coefficient (Wildman–Crippen LogP) is 3.40. The molecule has 0 aliphatic heterocycles. The van der Waals surface area contributed by atoms with Crippen molar-refractivity contribution in [3.8, 4) is 0 Å². The number of rotatable bonds is 2. The summed E-state index contributed by atoms with van der Waals surface area (Å²) in [5, 5.41) is 2.83. The highest BCUT2D eigenvalue weighted by Gasteiger charge is 2.20. The molecule has 0 saturated heterocycles. The van der Waals surface area contributed by atoms with Crippen molar-refractivity contribution in [2.75, 3.05) is 5.32 Å². The molecule has 1 aromatic carbocycles. The molecule has 6 heteroatoms. The van der Waals surface area contributed by atoms with Crippen LogP contribution in [0.15, 0.2) is 24.5 Å². The smallest absolute Gasteiger partial charge is 0.274 e. The molecule has 1 heterocycles. The summed E-state index contributed by atoms with van der Waals surface area (Å²) in [6, 6.07) is 3.84. The van der Waals surface area contributed by atoms with E-state index in [-0.39, 0.29) is 10.9 Å². The minimum absolute atomic E-state index is 0.159. The Bertz CT molecular complexity index is 705. The molecule has 0 unspecified atom stereocenters. The molecule has 2 aromatic rings. The van der Waals surface area contributed by atoms with E-state index in [2.05, 4.69) is 15.3 Å². The lowest BCUT2D eigenvalue weighted by Gasteiger charge is -2.17. The summed E-state index contributed by atoms with van der Waals surface area (Å²) in [7, 11) is 0. The van der Waals surface area contributed by atoms with Crippen molar-refractivity contribution in [2.24, 2.45) is 0 Å². The Morgan fingerprint density at radius 2 is 2.05 bits per heavy atom. The SMILES string of the molecule is O=C(Nc1ccc(F)cc1Cl)c1ncnc2c1CCCC2. The number of amides is 1. The summed E-state index contributed by atoms with van der Waals surface area (Å²) in [4.78, 5) is 20.7. The maximum Gasteiger partial charge on any atom is 0.274 e. The van der Waals surface area contributed by atoms with E-state index < -0.39 is 5.82 Å². The van der Waals surface area contributed by atoms with Gasteiger partial charge in [0.15, 0.2) is 0 Å². The molecule has 0 bridgehead atoms. The molecule has 0 spiro atoms. The van der Waals surface area contributed by atoms with E-state index in [4.69, 9.17) is 11.6 Å². The van der Waals surface area contributed by atoms with Crippen molar-refractivity contribution in [3.05, 3.63) is 52.3 Å². The van der Waals surface area contributed by atoms with Crippen LogP contribution in [0, 0.1) is 5.82 Å². The Labute approximate surface area is 126 Å². The normalized spacial score (nSPS) is 13.6. The first-order valence-corrected chi connectivity index (χ1v) is 7.12. The number of aromatic nitrogens is 2. The quantitative estimate of drug-likeness (QED) is 0.925. The molecule has 0 atom stereocenters.